The minimum Gasteiger partial charge on any atom is -0.465 e. The second kappa shape index (κ2) is 8.09. The summed E-state index contributed by atoms with van der Waals surface area (Å²) in [4.78, 5) is 37.7. The summed E-state index contributed by atoms with van der Waals surface area (Å²) in [7, 11) is 1.32. The van der Waals surface area contributed by atoms with E-state index < -0.39 is 5.97 Å². The number of amides is 2. The number of benzene rings is 2. The second-order valence-electron chi connectivity index (χ2n) is 5.92. The fraction of sp³-hybridized carbons (Fsp3) is 0.150. The van der Waals surface area contributed by atoms with Gasteiger partial charge in [0.1, 0.15) is 0 Å². The molecule has 0 atom stereocenters. The average molecular weight is 382 g/mol. The van der Waals surface area contributed by atoms with Crippen LogP contribution < -0.4 is 5.32 Å². The van der Waals surface area contributed by atoms with E-state index in [1.54, 1.807) is 30.3 Å². The van der Waals surface area contributed by atoms with Crippen molar-refractivity contribution in [2.45, 2.75) is 6.92 Å². The number of imide groups is 1. The standard InChI is InChI=1S/C20H18N2O4S/c1-13-3-5-14(6-4-13)11-17-18(23)22(20(25)27-17)12-21-16-9-7-15(8-10-16)19(24)26-2/h3-11,21H,12H2,1-2H3. The van der Waals surface area contributed by atoms with E-state index in [0.717, 1.165) is 27.8 Å². The van der Waals surface area contributed by atoms with Crippen LogP contribution >= 0.6 is 11.8 Å². The van der Waals surface area contributed by atoms with Gasteiger partial charge in [0.25, 0.3) is 11.1 Å². The number of anilines is 1. The molecule has 0 bridgehead atoms. The molecule has 1 saturated heterocycles. The zero-order valence-corrected chi connectivity index (χ0v) is 15.7. The van der Waals surface area contributed by atoms with Gasteiger partial charge in [-0.3, -0.25) is 14.5 Å². The number of thioether (sulfide) groups is 1. The van der Waals surface area contributed by atoms with E-state index in [1.807, 2.05) is 31.2 Å². The molecule has 1 heterocycles. The van der Waals surface area contributed by atoms with Gasteiger partial charge in [-0.1, -0.05) is 29.8 Å². The number of hydrogen-bond donors (Lipinski definition) is 1. The quantitative estimate of drug-likeness (QED) is 0.625. The number of ether oxygens (including phenoxy) is 1. The van der Waals surface area contributed by atoms with E-state index in [0.29, 0.717) is 16.2 Å². The van der Waals surface area contributed by atoms with Crippen LogP contribution in [0, 0.1) is 6.92 Å². The Morgan fingerprint density at radius 2 is 1.78 bits per heavy atom. The first kappa shape index (κ1) is 18.7. The maximum Gasteiger partial charge on any atom is 0.337 e. The molecule has 2 amide bonds. The number of aryl methyl sites for hydroxylation is 1. The van der Waals surface area contributed by atoms with Gasteiger partial charge in [-0.2, -0.15) is 0 Å². The Morgan fingerprint density at radius 3 is 2.41 bits per heavy atom. The molecule has 0 unspecified atom stereocenters. The van der Waals surface area contributed by atoms with E-state index in [4.69, 9.17) is 0 Å². The Kier molecular flexibility index (Phi) is 5.61. The predicted molar refractivity (Wildman–Crippen MR) is 105 cm³/mol. The lowest BCUT2D eigenvalue weighted by Crippen LogP contribution is -2.33. The Labute approximate surface area is 161 Å². The number of hydrogen-bond acceptors (Lipinski definition) is 6. The predicted octanol–water partition coefficient (Wildman–Crippen LogP) is 3.89. The number of nitrogens with zero attached hydrogens (tertiary/aromatic N) is 1. The molecular weight excluding hydrogens is 364 g/mol. The lowest BCUT2D eigenvalue weighted by Gasteiger charge is -2.14. The first-order chi connectivity index (χ1) is 13.0. The number of methoxy groups -OCH3 is 1. The van der Waals surface area contributed by atoms with Crippen LogP contribution in [0.15, 0.2) is 53.4 Å². The molecule has 27 heavy (non-hydrogen) atoms. The molecule has 1 N–H and O–H groups in total. The fourth-order valence-electron chi connectivity index (χ4n) is 2.46. The molecule has 2 aromatic carbocycles. The highest BCUT2D eigenvalue weighted by atomic mass is 32.2. The van der Waals surface area contributed by atoms with Crippen LogP contribution in [0.25, 0.3) is 6.08 Å². The van der Waals surface area contributed by atoms with Crippen LogP contribution in [-0.4, -0.2) is 35.8 Å². The van der Waals surface area contributed by atoms with Crippen LogP contribution in [0.2, 0.25) is 0 Å². The van der Waals surface area contributed by atoms with Gasteiger partial charge in [0.15, 0.2) is 0 Å². The summed E-state index contributed by atoms with van der Waals surface area (Å²) in [5.41, 5.74) is 3.11. The summed E-state index contributed by atoms with van der Waals surface area (Å²) in [6, 6.07) is 14.3. The number of carbonyl (C=O) groups excluding carboxylic acids is 3. The van der Waals surface area contributed by atoms with Crippen molar-refractivity contribution in [2.75, 3.05) is 19.1 Å². The normalized spacial score (nSPS) is 15.3. The minimum atomic E-state index is -0.422. The SMILES string of the molecule is COC(=O)c1ccc(NCN2C(=O)SC(=Cc3ccc(C)cc3)C2=O)cc1. The maximum atomic E-state index is 12.5. The summed E-state index contributed by atoms with van der Waals surface area (Å²) in [5, 5.41) is 2.69. The summed E-state index contributed by atoms with van der Waals surface area (Å²) < 4.78 is 4.65. The molecule has 0 aromatic heterocycles. The van der Waals surface area contributed by atoms with Crippen molar-refractivity contribution in [1.29, 1.82) is 0 Å². The van der Waals surface area contributed by atoms with E-state index in [-0.39, 0.29) is 17.8 Å². The van der Waals surface area contributed by atoms with E-state index in [9.17, 15) is 14.4 Å². The topological polar surface area (TPSA) is 75.7 Å². The van der Waals surface area contributed by atoms with Crippen molar-refractivity contribution in [3.8, 4) is 0 Å². The van der Waals surface area contributed by atoms with Crippen molar-refractivity contribution < 1.29 is 19.1 Å². The van der Waals surface area contributed by atoms with Gasteiger partial charge in [0.05, 0.1) is 24.2 Å². The lowest BCUT2D eigenvalue weighted by atomic mass is 10.1. The van der Waals surface area contributed by atoms with Crippen molar-refractivity contribution in [1.82, 2.24) is 4.90 Å². The molecule has 0 spiro atoms. The average Bonchev–Trinajstić information content (AvgIpc) is 2.94. The molecule has 2 aromatic rings. The molecular formula is C20H18N2O4S. The van der Waals surface area contributed by atoms with Crippen LogP contribution in [0.3, 0.4) is 0 Å². The smallest absolute Gasteiger partial charge is 0.337 e. The summed E-state index contributed by atoms with van der Waals surface area (Å²) in [6.07, 6.45) is 1.72. The fourth-order valence-corrected chi connectivity index (χ4v) is 3.30. The highest BCUT2D eigenvalue weighted by molar-refractivity contribution is 8.18. The van der Waals surface area contributed by atoms with E-state index >= 15 is 0 Å². The number of rotatable bonds is 5. The second-order valence-corrected chi connectivity index (χ2v) is 6.92. The molecule has 1 aliphatic rings. The molecule has 3 rings (SSSR count). The number of carbonyl (C=O) groups is 3. The lowest BCUT2D eigenvalue weighted by molar-refractivity contribution is -0.122. The summed E-state index contributed by atoms with van der Waals surface area (Å²) >= 11 is 0.923. The van der Waals surface area contributed by atoms with Gasteiger partial charge in [0, 0.05) is 5.69 Å². The molecule has 0 aliphatic carbocycles. The molecule has 1 aliphatic heterocycles. The molecule has 138 valence electrons. The monoisotopic (exact) mass is 382 g/mol. The Hall–Kier alpha value is -3.06. The summed E-state index contributed by atoms with van der Waals surface area (Å²) in [6.45, 7) is 2.04. The van der Waals surface area contributed by atoms with Gasteiger partial charge in [-0.15, -0.1) is 0 Å². The van der Waals surface area contributed by atoms with Gasteiger partial charge in [-0.25, -0.2) is 4.79 Å². The van der Waals surface area contributed by atoms with Crippen molar-refractivity contribution in [2.24, 2.45) is 0 Å². The molecule has 0 saturated carbocycles. The molecule has 0 radical (unpaired) electrons. The van der Waals surface area contributed by atoms with Gasteiger partial charge in [0.2, 0.25) is 0 Å². The van der Waals surface area contributed by atoms with Crippen LogP contribution in [0.5, 0.6) is 0 Å². The van der Waals surface area contributed by atoms with E-state index in [1.165, 1.54) is 7.11 Å². The summed E-state index contributed by atoms with van der Waals surface area (Å²) in [5.74, 6) is -0.752. The minimum absolute atomic E-state index is 0.0491. The Balaban J connectivity index is 1.65. The molecule has 6 nitrogen and oxygen atoms in total. The van der Waals surface area contributed by atoms with Gasteiger partial charge >= 0.3 is 5.97 Å². The van der Waals surface area contributed by atoms with Crippen molar-refractivity contribution in [3.05, 3.63) is 70.1 Å². The first-order valence-corrected chi connectivity index (χ1v) is 9.04. The maximum absolute atomic E-state index is 12.5. The third-order valence-corrected chi connectivity index (χ3v) is 4.90. The Bertz CT molecular complexity index is 905. The molecule has 1 fully saturated rings. The first-order valence-electron chi connectivity index (χ1n) is 8.22. The number of nitrogens with one attached hydrogen (secondary N) is 1. The van der Waals surface area contributed by atoms with Crippen LogP contribution in [0.1, 0.15) is 21.5 Å². The highest BCUT2D eigenvalue weighted by Gasteiger charge is 2.34. The van der Waals surface area contributed by atoms with Gasteiger partial charge < -0.3 is 10.1 Å². The largest absolute Gasteiger partial charge is 0.465 e. The zero-order chi connectivity index (χ0) is 19.4. The Morgan fingerprint density at radius 1 is 1.11 bits per heavy atom. The zero-order valence-electron chi connectivity index (χ0n) is 14.9. The highest BCUT2D eigenvalue weighted by Crippen LogP contribution is 2.32. The van der Waals surface area contributed by atoms with Crippen LogP contribution in [0.4, 0.5) is 10.5 Å². The third kappa shape index (κ3) is 4.38. The van der Waals surface area contributed by atoms with Gasteiger partial charge in [-0.05, 0) is 54.6 Å². The third-order valence-electron chi connectivity index (χ3n) is 4.00. The number of esters is 1. The van der Waals surface area contributed by atoms with Crippen LogP contribution in [-0.2, 0) is 9.53 Å². The van der Waals surface area contributed by atoms with Crippen molar-refractivity contribution in [3.63, 3.8) is 0 Å². The van der Waals surface area contributed by atoms with E-state index in [2.05, 4.69) is 10.1 Å². The molecule has 7 heteroatoms. The van der Waals surface area contributed by atoms with Crippen molar-refractivity contribution >= 4 is 40.6 Å².